The molecule has 0 saturated carbocycles. The summed E-state index contributed by atoms with van der Waals surface area (Å²) in [4.78, 5) is 27.1. The number of nitrogens with zero attached hydrogens (tertiary/aromatic N) is 1. The monoisotopic (exact) mass is 440 g/mol. The summed E-state index contributed by atoms with van der Waals surface area (Å²) in [5.74, 6) is 1.76. The molecule has 0 aromatic heterocycles. The van der Waals surface area contributed by atoms with Gasteiger partial charge in [0.15, 0.2) is 11.5 Å². The van der Waals surface area contributed by atoms with Crippen molar-refractivity contribution in [1.29, 1.82) is 0 Å². The topological polar surface area (TPSA) is 77.1 Å². The Balaban J connectivity index is 1.64. The van der Waals surface area contributed by atoms with Crippen molar-refractivity contribution in [2.75, 3.05) is 32.3 Å². The first-order valence-corrected chi connectivity index (χ1v) is 10.9. The maximum absolute atomic E-state index is 12.9. The molecule has 3 rings (SSSR count). The molecule has 0 radical (unpaired) electrons. The van der Waals surface area contributed by atoms with E-state index < -0.39 is 5.92 Å². The van der Waals surface area contributed by atoms with Crippen molar-refractivity contribution in [3.8, 4) is 17.2 Å². The number of nitrogens with one attached hydrogen (secondary N) is 1. The van der Waals surface area contributed by atoms with Crippen LogP contribution in [0.4, 0.5) is 5.69 Å². The smallest absolute Gasteiger partial charge is 0.227 e. The Morgan fingerprint density at radius 2 is 1.88 bits per heavy atom. The molecule has 2 amide bonds. The lowest BCUT2D eigenvalue weighted by atomic mass is 10.0. The second kappa shape index (κ2) is 10.4. The van der Waals surface area contributed by atoms with E-state index in [4.69, 9.17) is 14.2 Å². The molecule has 0 bridgehead atoms. The van der Waals surface area contributed by atoms with Gasteiger partial charge in [-0.05, 0) is 42.7 Å². The zero-order valence-corrected chi connectivity index (χ0v) is 19.4. The summed E-state index contributed by atoms with van der Waals surface area (Å²) in [5.41, 5.74) is 1.64. The Kier molecular flexibility index (Phi) is 7.62. The molecule has 7 nitrogen and oxygen atoms in total. The molecule has 1 heterocycles. The summed E-state index contributed by atoms with van der Waals surface area (Å²) in [6.07, 6.45) is 0.182. The Labute approximate surface area is 189 Å². The summed E-state index contributed by atoms with van der Waals surface area (Å²) in [6, 6.07) is 12.7. The number of benzene rings is 2. The van der Waals surface area contributed by atoms with Gasteiger partial charge in [0.05, 0.1) is 32.8 Å². The van der Waals surface area contributed by atoms with Gasteiger partial charge in [0.2, 0.25) is 11.8 Å². The molecular weight excluding hydrogens is 408 g/mol. The van der Waals surface area contributed by atoms with E-state index in [0.717, 1.165) is 11.3 Å². The fourth-order valence-electron chi connectivity index (χ4n) is 3.65. The SMILES string of the molecule is COc1cccc(N2CC(C(=O)NC(C)c3ccc(OCC(C)C)c(OC)c3)CC2=O)c1. The van der Waals surface area contributed by atoms with Crippen LogP contribution in [0.25, 0.3) is 0 Å². The average Bonchev–Trinajstić information content (AvgIpc) is 3.19. The minimum absolute atomic E-state index is 0.0700. The van der Waals surface area contributed by atoms with Crippen molar-refractivity contribution >= 4 is 17.5 Å². The molecule has 1 aliphatic heterocycles. The molecule has 0 spiro atoms. The minimum Gasteiger partial charge on any atom is -0.497 e. The van der Waals surface area contributed by atoms with Crippen molar-refractivity contribution in [3.63, 3.8) is 0 Å². The van der Waals surface area contributed by atoms with Crippen LogP contribution in [0.15, 0.2) is 42.5 Å². The van der Waals surface area contributed by atoms with E-state index >= 15 is 0 Å². The average molecular weight is 441 g/mol. The van der Waals surface area contributed by atoms with Crippen LogP contribution in [0, 0.1) is 11.8 Å². The molecule has 0 aliphatic carbocycles. The van der Waals surface area contributed by atoms with Gasteiger partial charge in [-0.25, -0.2) is 0 Å². The van der Waals surface area contributed by atoms with Gasteiger partial charge in [-0.3, -0.25) is 9.59 Å². The van der Waals surface area contributed by atoms with Crippen LogP contribution in [0.1, 0.15) is 38.8 Å². The number of methoxy groups -OCH3 is 2. The van der Waals surface area contributed by atoms with E-state index in [-0.39, 0.29) is 24.3 Å². The summed E-state index contributed by atoms with van der Waals surface area (Å²) < 4.78 is 16.5. The maximum Gasteiger partial charge on any atom is 0.227 e. The van der Waals surface area contributed by atoms with Crippen molar-refractivity contribution in [2.24, 2.45) is 11.8 Å². The van der Waals surface area contributed by atoms with Gasteiger partial charge >= 0.3 is 0 Å². The molecule has 2 aromatic carbocycles. The number of carbonyl (C=O) groups excluding carboxylic acids is 2. The van der Waals surface area contributed by atoms with Crippen LogP contribution in [0.5, 0.6) is 17.2 Å². The van der Waals surface area contributed by atoms with Crippen LogP contribution >= 0.6 is 0 Å². The van der Waals surface area contributed by atoms with Crippen LogP contribution in [0.2, 0.25) is 0 Å². The first kappa shape index (κ1) is 23.4. The molecule has 172 valence electrons. The second-order valence-corrected chi connectivity index (χ2v) is 8.45. The highest BCUT2D eigenvalue weighted by Crippen LogP contribution is 2.32. The number of ether oxygens (including phenoxy) is 3. The van der Waals surface area contributed by atoms with Crippen LogP contribution in [0.3, 0.4) is 0 Å². The molecule has 2 unspecified atom stereocenters. The third-order valence-corrected chi connectivity index (χ3v) is 5.48. The van der Waals surface area contributed by atoms with Gasteiger partial charge in [0, 0.05) is 24.7 Å². The quantitative estimate of drug-likeness (QED) is 0.639. The molecule has 1 saturated heterocycles. The van der Waals surface area contributed by atoms with Crippen LogP contribution in [-0.4, -0.2) is 39.2 Å². The summed E-state index contributed by atoms with van der Waals surface area (Å²) in [6.45, 7) is 7.03. The predicted molar refractivity (Wildman–Crippen MR) is 123 cm³/mol. The highest BCUT2D eigenvalue weighted by molar-refractivity contribution is 6.00. The molecular formula is C25H32N2O5. The zero-order valence-electron chi connectivity index (χ0n) is 19.4. The molecule has 2 atom stereocenters. The highest BCUT2D eigenvalue weighted by atomic mass is 16.5. The lowest BCUT2D eigenvalue weighted by Crippen LogP contribution is -2.34. The van der Waals surface area contributed by atoms with Crippen molar-refractivity contribution in [1.82, 2.24) is 5.32 Å². The van der Waals surface area contributed by atoms with Gasteiger partial charge in [0.1, 0.15) is 5.75 Å². The third kappa shape index (κ3) is 5.52. The van der Waals surface area contributed by atoms with Crippen LogP contribution < -0.4 is 24.4 Å². The van der Waals surface area contributed by atoms with Gasteiger partial charge in [0.25, 0.3) is 0 Å². The van der Waals surface area contributed by atoms with Gasteiger partial charge in [-0.2, -0.15) is 0 Å². The standard InChI is InChI=1S/C25H32N2O5/c1-16(2)15-32-22-10-9-18(11-23(22)31-5)17(3)26-25(29)19-12-24(28)27(14-19)20-7-6-8-21(13-20)30-4/h6-11,13,16-17,19H,12,14-15H2,1-5H3,(H,26,29). The normalized spacial score (nSPS) is 16.8. The molecule has 32 heavy (non-hydrogen) atoms. The van der Waals surface area contributed by atoms with E-state index in [1.54, 1.807) is 25.2 Å². The summed E-state index contributed by atoms with van der Waals surface area (Å²) in [7, 11) is 3.18. The Hall–Kier alpha value is -3.22. The fourth-order valence-corrected chi connectivity index (χ4v) is 3.65. The number of amides is 2. The van der Waals surface area contributed by atoms with E-state index in [2.05, 4.69) is 19.2 Å². The minimum atomic E-state index is -0.410. The van der Waals surface area contributed by atoms with Crippen molar-refractivity contribution in [3.05, 3.63) is 48.0 Å². The Morgan fingerprint density at radius 1 is 1.09 bits per heavy atom. The number of hydrogen-bond acceptors (Lipinski definition) is 5. The molecule has 1 aliphatic rings. The number of carbonyl (C=O) groups is 2. The van der Waals surface area contributed by atoms with Crippen molar-refractivity contribution < 1.29 is 23.8 Å². The van der Waals surface area contributed by atoms with Crippen molar-refractivity contribution in [2.45, 2.75) is 33.2 Å². The Morgan fingerprint density at radius 3 is 2.56 bits per heavy atom. The van der Waals surface area contributed by atoms with Crippen LogP contribution in [-0.2, 0) is 9.59 Å². The van der Waals surface area contributed by atoms with E-state index in [1.165, 1.54) is 0 Å². The summed E-state index contributed by atoms with van der Waals surface area (Å²) in [5, 5.41) is 3.04. The molecule has 7 heteroatoms. The van der Waals surface area contributed by atoms with Gasteiger partial charge in [-0.1, -0.05) is 26.0 Å². The number of hydrogen-bond donors (Lipinski definition) is 1. The number of anilines is 1. The zero-order chi connectivity index (χ0) is 23.3. The molecule has 1 N–H and O–H groups in total. The first-order chi connectivity index (χ1) is 15.3. The molecule has 1 fully saturated rings. The lowest BCUT2D eigenvalue weighted by molar-refractivity contribution is -0.126. The van der Waals surface area contributed by atoms with Gasteiger partial charge in [-0.15, -0.1) is 0 Å². The van der Waals surface area contributed by atoms with Gasteiger partial charge < -0.3 is 24.4 Å². The Bertz CT molecular complexity index is 959. The largest absolute Gasteiger partial charge is 0.497 e. The predicted octanol–water partition coefficient (Wildman–Crippen LogP) is 3.97. The fraction of sp³-hybridized carbons (Fsp3) is 0.440. The summed E-state index contributed by atoms with van der Waals surface area (Å²) >= 11 is 0. The third-order valence-electron chi connectivity index (χ3n) is 5.48. The second-order valence-electron chi connectivity index (χ2n) is 8.45. The van der Waals surface area contributed by atoms with E-state index in [1.807, 2.05) is 43.3 Å². The lowest BCUT2D eigenvalue weighted by Gasteiger charge is -2.20. The highest BCUT2D eigenvalue weighted by Gasteiger charge is 2.35. The van der Waals surface area contributed by atoms with E-state index in [0.29, 0.717) is 36.3 Å². The number of rotatable bonds is 9. The maximum atomic E-state index is 12.9. The first-order valence-electron chi connectivity index (χ1n) is 10.9. The van der Waals surface area contributed by atoms with E-state index in [9.17, 15) is 9.59 Å². The molecule has 2 aromatic rings.